The first-order valence-corrected chi connectivity index (χ1v) is 9.90. The Labute approximate surface area is 174 Å². The molecule has 152 valence electrons. The number of halogens is 1. The van der Waals surface area contributed by atoms with Gasteiger partial charge in [0.15, 0.2) is 5.15 Å². The third-order valence-corrected chi connectivity index (χ3v) is 5.54. The number of aryl methyl sites for hydroxylation is 1. The number of benzene rings is 1. The molecule has 2 atom stereocenters. The van der Waals surface area contributed by atoms with Crippen molar-refractivity contribution in [3.8, 4) is 11.6 Å². The number of hydrogen-bond acceptors (Lipinski definition) is 5. The van der Waals surface area contributed by atoms with Gasteiger partial charge in [-0.1, -0.05) is 23.7 Å². The van der Waals surface area contributed by atoms with E-state index in [1.807, 2.05) is 43.0 Å². The molecule has 1 aliphatic rings. The summed E-state index contributed by atoms with van der Waals surface area (Å²) in [4.78, 5) is 18.8. The number of methoxy groups -OCH3 is 1. The van der Waals surface area contributed by atoms with Crippen LogP contribution >= 0.6 is 11.6 Å². The van der Waals surface area contributed by atoms with Crippen molar-refractivity contribution in [2.45, 2.75) is 32.9 Å². The van der Waals surface area contributed by atoms with Gasteiger partial charge in [-0.25, -0.2) is 4.52 Å². The van der Waals surface area contributed by atoms with Gasteiger partial charge < -0.3 is 14.4 Å². The van der Waals surface area contributed by atoms with Crippen molar-refractivity contribution in [3.05, 3.63) is 52.9 Å². The van der Waals surface area contributed by atoms with Gasteiger partial charge in [0.05, 0.1) is 19.5 Å². The first-order chi connectivity index (χ1) is 13.9. The van der Waals surface area contributed by atoms with Crippen LogP contribution in [0.1, 0.15) is 24.5 Å². The van der Waals surface area contributed by atoms with Crippen molar-refractivity contribution in [2.75, 3.05) is 13.7 Å². The van der Waals surface area contributed by atoms with E-state index in [9.17, 15) is 4.79 Å². The second-order valence-corrected chi connectivity index (χ2v) is 7.79. The van der Waals surface area contributed by atoms with Gasteiger partial charge in [0.1, 0.15) is 17.4 Å². The molecule has 1 aromatic carbocycles. The van der Waals surface area contributed by atoms with Crippen LogP contribution in [0.4, 0.5) is 0 Å². The van der Waals surface area contributed by atoms with Crippen molar-refractivity contribution in [2.24, 2.45) is 5.92 Å². The van der Waals surface area contributed by atoms with Crippen LogP contribution in [0, 0.1) is 12.8 Å². The fourth-order valence-corrected chi connectivity index (χ4v) is 3.84. The molecular formula is C21H23ClN4O3. The molecule has 8 heteroatoms. The van der Waals surface area contributed by atoms with Gasteiger partial charge in [0, 0.05) is 31.0 Å². The highest BCUT2D eigenvalue weighted by Gasteiger charge is 2.34. The van der Waals surface area contributed by atoms with E-state index in [0.717, 1.165) is 22.4 Å². The lowest BCUT2D eigenvalue weighted by Crippen LogP contribution is -2.29. The highest BCUT2D eigenvalue weighted by Crippen LogP contribution is 2.29. The second-order valence-electron chi connectivity index (χ2n) is 7.40. The fourth-order valence-electron chi connectivity index (χ4n) is 3.67. The summed E-state index contributed by atoms with van der Waals surface area (Å²) < 4.78 is 13.0. The molecule has 0 radical (unpaired) electrons. The maximum absolute atomic E-state index is 12.5. The number of likely N-dealkylation sites (tertiary alicyclic amines) is 1. The molecule has 1 amide bonds. The Morgan fingerprint density at radius 3 is 2.79 bits per heavy atom. The summed E-state index contributed by atoms with van der Waals surface area (Å²) in [5, 5.41) is 4.58. The minimum Gasteiger partial charge on any atom is -0.497 e. The van der Waals surface area contributed by atoms with Crippen molar-refractivity contribution in [1.82, 2.24) is 19.5 Å². The maximum Gasteiger partial charge on any atom is 0.242 e. The Balaban J connectivity index is 1.45. The molecule has 2 aromatic heterocycles. The highest BCUT2D eigenvalue weighted by atomic mass is 35.5. The number of nitrogens with zero attached hydrogens (tertiary/aromatic N) is 4. The second kappa shape index (κ2) is 7.91. The summed E-state index contributed by atoms with van der Waals surface area (Å²) >= 11 is 6.11. The summed E-state index contributed by atoms with van der Waals surface area (Å²) in [5.74, 6) is 1.45. The Kier molecular flexibility index (Phi) is 5.32. The van der Waals surface area contributed by atoms with Crippen molar-refractivity contribution >= 4 is 23.0 Å². The van der Waals surface area contributed by atoms with Gasteiger partial charge in [0.25, 0.3) is 0 Å². The number of carbonyl (C=O) groups is 1. The number of amides is 1. The summed E-state index contributed by atoms with van der Waals surface area (Å²) in [5.41, 5.74) is 2.82. The average Bonchev–Trinajstić information content (AvgIpc) is 3.25. The lowest BCUT2D eigenvalue weighted by atomic mass is 10.0. The minimum atomic E-state index is -0.191. The third-order valence-electron chi connectivity index (χ3n) is 5.36. The van der Waals surface area contributed by atoms with Gasteiger partial charge in [-0.15, -0.1) is 0 Å². The van der Waals surface area contributed by atoms with E-state index in [0.29, 0.717) is 30.5 Å². The predicted octanol–water partition coefficient (Wildman–Crippen LogP) is 3.52. The SMILES string of the molecule is COc1ccc(CN2CC(C(C)Oc3nc(Cl)cn4ncc(C)c34)CC2=O)cc1. The standard InChI is InChI=1S/C21H23ClN4O3/c1-13-9-23-26-12-18(22)24-21(20(13)26)29-14(2)16-8-19(27)25(11-16)10-15-4-6-17(28-3)7-5-15/h4-7,9,12,14,16H,8,10-11H2,1-3H3. The van der Waals surface area contributed by atoms with Crippen LogP contribution < -0.4 is 9.47 Å². The Hall–Kier alpha value is -2.80. The van der Waals surface area contributed by atoms with E-state index < -0.39 is 0 Å². The maximum atomic E-state index is 12.5. The normalized spacial score (nSPS) is 17.7. The number of carbonyl (C=O) groups excluding carboxylic acids is 1. The molecule has 0 bridgehead atoms. The Morgan fingerprint density at radius 2 is 2.07 bits per heavy atom. The van der Waals surface area contributed by atoms with Gasteiger partial charge in [-0.05, 0) is 31.5 Å². The molecule has 0 N–H and O–H groups in total. The summed E-state index contributed by atoms with van der Waals surface area (Å²) in [6.07, 6.45) is 3.66. The van der Waals surface area contributed by atoms with Crippen molar-refractivity contribution in [3.63, 3.8) is 0 Å². The molecule has 4 rings (SSSR count). The quantitative estimate of drug-likeness (QED) is 0.617. The van der Waals surface area contributed by atoms with E-state index in [1.165, 1.54) is 0 Å². The summed E-state index contributed by atoms with van der Waals surface area (Å²) in [6.45, 7) is 5.14. The molecule has 1 saturated heterocycles. The molecule has 3 aromatic rings. The molecule has 29 heavy (non-hydrogen) atoms. The number of hydrogen-bond donors (Lipinski definition) is 0. The third kappa shape index (κ3) is 4.00. The number of aromatic nitrogens is 3. The van der Waals surface area contributed by atoms with Crippen LogP contribution in [0.15, 0.2) is 36.7 Å². The zero-order chi connectivity index (χ0) is 20.5. The van der Waals surface area contributed by atoms with E-state index >= 15 is 0 Å². The van der Waals surface area contributed by atoms with Gasteiger partial charge >= 0.3 is 0 Å². The minimum absolute atomic E-state index is 0.0739. The zero-order valence-electron chi connectivity index (χ0n) is 16.6. The van der Waals surface area contributed by atoms with Crippen LogP contribution in [-0.2, 0) is 11.3 Å². The highest BCUT2D eigenvalue weighted by molar-refractivity contribution is 6.29. The van der Waals surface area contributed by atoms with E-state index in [4.69, 9.17) is 21.1 Å². The van der Waals surface area contributed by atoms with Crippen molar-refractivity contribution < 1.29 is 14.3 Å². The molecule has 2 unspecified atom stereocenters. The predicted molar refractivity (Wildman–Crippen MR) is 109 cm³/mol. The molecule has 3 heterocycles. The van der Waals surface area contributed by atoms with Crippen molar-refractivity contribution in [1.29, 1.82) is 0 Å². The molecule has 7 nitrogen and oxygen atoms in total. The first-order valence-electron chi connectivity index (χ1n) is 9.52. The fraction of sp³-hybridized carbons (Fsp3) is 0.381. The van der Waals surface area contributed by atoms with Crippen LogP contribution in [0.5, 0.6) is 11.6 Å². The summed E-state index contributed by atoms with van der Waals surface area (Å²) in [6, 6.07) is 7.77. The largest absolute Gasteiger partial charge is 0.497 e. The molecule has 1 fully saturated rings. The van der Waals surface area contributed by atoms with Crippen LogP contribution in [0.3, 0.4) is 0 Å². The topological polar surface area (TPSA) is 69.0 Å². The lowest BCUT2D eigenvalue weighted by Gasteiger charge is -2.22. The first kappa shape index (κ1) is 19.5. The summed E-state index contributed by atoms with van der Waals surface area (Å²) in [7, 11) is 1.64. The Bertz CT molecular complexity index is 1030. The smallest absolute Gasteiger partial charge is 0.242 e. The molecule has 0 spiro atoms. The van der Waals surface area contributed by atoms with E-state index in [2.05, 4.69) is 10.1 Å². The molecule has 0 aliphatic carbocycles. The molecule has 0 saturated carbocycles. The van der Waals surface area contributed by atoms with Gasteiger partial charge in [0.2, 0.25) is 11.8 Å². The van der Waals surface area contributed by atoms with E-state index in [-0.39, 0.29) is 17.9 Å². The monoisotopic (exact) mass is 414 g/mol. The van der Waals surface area contributed by atoms with Gasteiger partial charge in [-0.2, -0.15) is 10.1 Å². The van der Waals surface area contributed by atoms with E-state index in [1.54, 1.807) is 24.0 Å². The number of rotatable bonds is 6. The number of ether oxygens (including phenoxy) is 2. The van der Waals surface area contributed by atoms with Crippen LogP contribution in [-0.4, -0.2) is 45.2 Å². The van der Waals surface area contributed by atoms with Gasteiger partial charge in [-0.3, -0.25) is 4.79 Å². The lowest BCUT2D eigenvalue weighted by molar-refractivity contribution is -0.128. The Morgan fingerprint density at radius 1 is 1.31 bits per heavy atom. The van der Waals surface area contributed by atoms with Crippen LogP contribution in [0.2, 0.25) is 5.15 Å². The molecular weight excluding hydrogens is 392 g/mol. The average molecular weight is 415 g/mol. The molecule has 1 aliphatic heterocycles. The van der Waals surface area contributed by atoms with Crippen LogP contribution in [0.25, 0.3) is 5.52 Å². The zero-order valence-corrected chi connectivity index (χ0v) is 17.4. The number of fused-ring (bicyclic) bond motifs is 1.